The first-order valence-corrected chi connectivity index (χ1v) is 8.87. The van der Waals surface area contributed by atoms with Crippen LogP contribution in [0.15, 0.2) is 0 Å². The number of nitrogens with zero attached hydrogens (tertiary/aromatic N) is 1. The Balaban J connectivity index is 1.84. The van der Waals surface area contributed by atoms with Gasteiger partial charge in [-0.25, -0.2) is 0 Å². The molecule has 2 fully saturated rings. The largest absolute Gasteiger partial charge is 0.393 e. The topological polar surface area (TPSA) is 23.5 Å². The molecule has 0 aromatic carbocycles. The Labute approximate surface area is 125 Å². The van der Waals surface area contributed by atoms with Gasteiger partial charge in [0, 0.05) is 6.54 Å². The van der Waals surface area contributed by atoms with Crippen molar-refractivity contribution in [2.45, 2.75) is 78.2 Å². The van der Waals surface area contributed by atoms with Gasteiger partial charge < -0.3 is 10.0 Å². The van der Waals surface area contributed by atoms with Gasteiger partial charge in [0.15, 0.2) is 0 Å². The average Bonchev–Trinajstić information content (AvgIpc) is 2.71. The van der Waals surface area contributed by atoms with Crippen LogP contribution in [0.25, 0.3) is 0 Å². The van der Waals surface area contributed by atoms with Crippen molar-refractivity contribution in [1.29, 1.82) is 0 Å². The Hall–Kier alpha value is -0.0800. The highest BCUT2D eigenvalue weighted by molar-refractivity contribution is 4.81. The number of hydrogen-bond donors (Lipinski definition) is 1. The number of hydrogen-bond acceptors (Lipinski definition) is 2. The molecule has 2 aliphatic rings. The minimum atomic E-state index is -0.0424. The molecule has 3 atom stereocenters. The maximum Gasteiger partial charge on any atom is 0.0580 e. The van der Waals surface area contributed by atoms with Crippen LogP contribution in [0.4, 0.5) is 0 Å². The van der Waals surface area contributed by atoms with Crippen LogP contribution in [-0.4, -0.2) is 35.7 Å². The second kappa shape index (κ2) is 7.26. The van der Waals surface area contributed by atoms with Gasteiger partial charge >= 0.3 is 0 Å². The number of likely N-dealkylation sites (tertiary alicyclic amines) is 1. The zero-order valence-corrected chi connectivity index (χ0v) is 13.9. The average molecular weight is 281 g/mol. The molecular formula is C18H35NO. The molecule has 0 spiro atoms. The van der Waals surface area contributed by atoms with Gasteiger partial charge in [-0.05, 0) is 62.4 Å². The number of aliphatic hydroxyl groups is 1. The van der Waals surface area contributed by atoms with E-state index in [2.05, 4.69) is 25.7 Å². The summed E-state index contributed by atoms with van der Waals surface area (Å²) < 4.78 is 0. The molecule has 1 saturated carbocycles. The lowest BCUT2D eigenvalue weighted by molar-refractivity contribution is 0.0733. The van der Waals surface area contributed by atoms with Crippen LogP contribution in [0, 0.1) is 17.3 Å². The van der Waals surface area contributed by atoms with Crippen LogP contribution in [0.1, 0.15) is 72.1 Å². The van der Waals surface area contributed by atoms with Crippen molar-refractivity contribution in [3.8, 4) is 0 Å². The van der Waals surface area contributed by atoms with Crippen molar-refractivity contribution in [2.75, 3.05) is 19.6 Å². The highest BCUT2D eigenvalue weighted by atomic mass is 16.3. The standard InChI is InChI=1S/C18H35NO/c1-18(2,3)16-9-7-12-19(13-11-16)14-15-8-5-4-6-10-17(15)20/h15-17,20H,4-14H2,1-3H3. The maximum atomic E-state index is 10.3. The van der Waals surface area contributed by atoms with E-state index in [9.17, 15) is 5.11 Å². The molecule has 0 aromatic rings. The predicted octanol–water partition coefficient (Wildman–Crippen LogP) is 4.08. The van der Waals surface area contributed by atoms with E-state index in [-0.39, 0.29) is 6.10 Å². The highest BCUT2D eigenvalue weighted by Gasteiger charge is 2.29. The summed E-state index contributed by atoms with van der Waals surface area (Å²) in [5, 5.41) is 10.3. The van der Waals surface area contributed by atoms with E-state index in [0.29, 0.717) is 11.3 Å². The third-order valence-corrected chi connectivity index (χ3v) is 5.66. The minimum absolute atomic E-state index is 0.0424. The third-order valence-electron chi connectivity index (χ3n) is 5.66. The lowest BCUT2D eigenvalue weighted by Crippen LogP contribution is -2.35. The SMILES string of the molecule is CC(C)(C)C1CCCN(CC2CCCCCC2O)CC1. The molecule has 2 rings (SSSR count). The zero-order chi connectivity index (χ0) is 14.6. The Morgan fingerprint density at radius 2 is 1.65 bits per heavy atom. The third kappa shape index (κ3) is 4.73. The summed E-state index contributed by atoms with van der Waals surface area (Å²) in [6.07, 6.45) is 10.1. The Morgan fingerprint density at radius 1 is 0.900 bits per heavy atom. The molecule has 2 heteroatoms. The minimum Gasteiger partial charge on any atom is -0.393 e. The molecule has 1 saturated heterocycles. The summed E-state index contributed by atoms with van der Waals surface area (Å²) in [7, 11) is 0. The van der Waals surface area contributed by atoms with E-state index in [1.165, 1.54) is 58.0 Å². The molecule has 1 aliphatic heterocycles. The first-order valence-electron chi connectivity index (χ1n) is 8.87. The first kappa shape index (κ1) is 16.3. The Kier molecular flexibility index (Phi) is 5.92. The molecule has 0 amide bonds. The van der Waals surface area contributed by atoms with Crippen LogP contribution in [0.3, 0.4) is 0 Å². The highest BCUT2D eigenvalue weighted by Crippen LogP contribution is 2.34. The van der Waals surface area contributed by atoms with E-state index in [4.69, 9.17) is 0 Å². The predicted molar refractivity (Wildman–Crippen MR) is 85.8 cm³/mol. The van der Waals surface area contributed by atoms with Crippen molar-refractivity contribution in [2.24, 2.45) is 17.3 Å². The van der Waals surface area contributed by atoms with E-state index >= 15 is 0 Å². The van der Waals surface area contributed by atoms with Crippen molar-refractivity contribution in [1.82, 2.24) is 4.90 Å². The molecule has 1 N–H and O–H groups in total. The van der Waals surface area contributed by atoms with Gasteiger partial charge in [0.1, 0.15) is 0 Å². The van der Waals surface area contributed by atoms with Gasteiger partial charge in [0.05, 0.1) is 6.10 Å². The molecule has 118 valence electrons. The van der Waals surface area contributed by atoms with Crippen molar-refractivity contribution in [3.05, 3.63) is 0 Å². The maximum absolute atomic E-state index is 10.3. The quantitative estimate of drug-likeness (QED) is 0.771. The van der Waals surface area contributed by atoms with Gasteiger partial charge in [-0.1, -0.05) is 40.0 Å². The van der Waals surface area contributed by atoms with E-state index in [1.807, 2.05) is 0 Å². The van der Waals surface area contributed by atoms with Gasteiger partial charge in [0.25, 0.3) is 0 Å². The molecule has 20 heavy (non-hydrogen) atoms. The number of aliphatic hydroxyl groups excluding tert-OH is 1. The first-order chi connectivity index (χ1) is 9.47. The van der Waals surface area contributed by atoms with E-state index in [0.717, 1.165) is 18.9 Å². The lowest BCUT2D eigenvalue weighted by Gasteiger charge is -2.31. The number of rotatable bonds is 2. The molecule has 2 nitrogen and oxygen atoms in total. The Morgan fingerprint density at radius 3 is 2.40 bits per heavy atom. The summed E-state index contributed by atoms with van der Waals surface area (Å²) in [6.45, 7) is 10.8. The summed E-state index contributed by atoms with van der Waals surface area (Å²) in [5.74, 6) is 1.40. The van der Waals surface area contributed by atoms with Gasteiger partial charge in [-0.2, -0.15) is 0 Å². The molecule has 1 aliphatic carbocycles. The molecule has 0 aromatic heterocycles. The van der Waals surface area contributed by atoms with Crippen LogP contribution in [0.5, 0.6) is 0 Å². The summed E-state index contributed by atoms with van der Waals surface area (Å²) in [6, 6.07) is 0. The fourth-order valence-corrected chi connectivity index (χ4v) is 4.11. The van der Waals surface area contributed by atoms with Crippen LogP contribution in [0.2, 0.25) is 0 Å². The summed E-state index contributed by atoms with van der Waals surface area (Å²) in [5.41, 5.74) is 0.456. The van der Waals surface area contributed by atoms with Crippen molar-refractivity contribution >= 4 is 0 Å². The fraction of sp³-hybridized carbons (Fsp3) is 1.00. The lowest BCUT2D eigenvalue weighted by atomic mass is 9.77. The second-order valence-electron chi connectivity index (χ2n) is 8.26. The Bertz CT molecular complexity index is 284. The van der Waals surface area contributed by atoms with Crippen LogP contribution < -0.4 is 0 Å². The normalized spacial score (nSPS) is 34.5. The monoisotopic (exact) mass is 281 g/mol. The van der Waals surface area contributed by atoms with Gasteiger partial charge in [0.2, 0.25) is 0 Å². The summed E-state index contributed by atoms with van der Waals surface area (Å²) in [4.78, 5) is 2.64. The molecule has 1 heterocycles. The second-order valence-corrected chi connectivity index (χ2v) is 8.26. The molecule has 0 radical (unpaired) electrons. The van der Waals surface area contributed by atoms with Crippen LogP contribution >= 0.6 is 0 Å². The van der Waals surface area contributed by atoms with Crippen molar-refractivity contribution < 1.29 is 5.11 Å². The smallest absolute Gasteiger partial charge is 0.0580 e. The van der Waals surface area contributed by atoms with E-state index < -0.39 is 0 Å². The van der Waals surface area contributed by atoms with Crippen molar-refractivity contribution in [3.63, 3.8) is 0 Å². The van der Waals surface area contributed by atoms with Crippen LogP contribution in [-0.2, 0) is 0 Å². The molecular weight excluding hydrogens is 246 g/mol. The summed E-state index contributed by atoms with van der Waals surface area (Å²) >= 11 is 0. The fourth-order valence-electron chi connectivity index (χ4n) is 4.11. The zero-order valence-electron chi connectivity index (χ0n) is 13.9. The molecule has 0 bridgehead atoms. The van der Waals surface area contributed by atoms with Gasteiger partial charge in [-0.15, -0.1) is 0 Å². The molecule has 3 unspecified atom stereocenters. The van der Waals surface area contributed by atoms with E-state index in [1.54, 1.807) is 0 Å². The van der Waals surface area contributed by atoms with Gasteiger partial charge in [-0.3, -0.25) is 0 Å².